The first-order chi connectivity index (χ1) is 9.47. The molecule has 0 amide bonds. The van der Waals surface area contributed by atoms with Crippen molar-refractivity contribution >= 4 is 5.69 Å². The molecule has 0 aliphatic rings. The van der Waals surface area contributed by atoms with Crippen LogP contribution in [-0.4, -0.2) is 6.54 Å². The van der Waals surface area contributed by atoms with Crippen LogP contribution in [0.25, 0.3) is 0 Å². The second kappa shape index (κ2) is 6.10. The van der Waals surface area contributed by atoms with Gasteiger partial charge in [-0.2, -0.15) is 0 Å². The number of hydrogen-bond acceptors (Lipinski definition) is 2. The molecule has 0 atom stereocenters. The van der Waals surface area contributed by atoms with Crippen LogP contribution < -0.4 is 11.1 Å². The molecule has 0 saturated heterocycles. The van der Waals surface area contributed by atoms with Crippen LogP contribution in [0.5, 0.6) is 0 Å². The van der Waals surface area contributed by atoms with E-state index in [9.17, 15) is 0 Å². The van der Waals surface area contributed by atoms with Crippen molar-refractivity contribution in [2.75, 3.05) is 12.3 Å². The molecule has 0 heterocycles. The minimum atomic E-state index is 0.117. The molecular formula is C18H24N2. The highest BCUT2D eigenvalue weighted by molar-refractivity contribution is 5.40. The molecule has 0 saturated carbocycles. The van der Waals surface area contributed by atoms with E-state index in [4.69, 9.17) is 5.73 Å². The summed E-state index contributed by atoms with van der Waals surface area (Å²) >= 11 is 0. The van der Waals surface area contributed by atoms with Gasteiger partial charge in [-0.15, -0.1) is 0 Å². The van der Waals surface area contributed by atoms with Gasteiger partial charge in [0, 0.05) is 24.2 Å². The highest BCUT2D eigenvalue weighted by Crippen LogP contribution is 2.23. The molecule has 2 nitrogen and oxygen atoms in total. The Labute approximate surface area is 122 Å². The lowest BCUT2D eigenvalue weighted by Gasteiger charge is -2.26. The van der Waals surface area contributed by atoms with Gasteiger partial charge < -0.3 is 11.1 Å². The van der Waals surface area contributed by atoms with Gasteiger partial charge in [-0.3, -0.25) is 0 Å². The van der Waals surface area contributed by atoms with Gasteiger partial charge in [-0.1, -0.05) is 55.8 Å². The van der Waals surface area contributed by atoms with Crippen molar-refractivity contribution in [2.24, 2.45) is 0 Å². The molecule has 2 aromatic carbocycles. The second-order valence-corrected chi connectivity index (χ2v) is 6.10. The molecule has 3 N–H and O–H groups in total. The van der Waals surface area contributed by atoms with Crippen LogP contribution in [0.3, 0.4) is 0 Å². The third-order valence-electron chi connectivity index (χ3n) is 3.65. The summed E-state index contributed by atoms with van der Waals surface area (Å²) in [6.07, 6.45) is 0. The summed E-state index contributed by atoms with van der Waals surface area (Å²) in [5.41, 5.74) is 10.6. The van der Waals surface area contributed by atoms with Crippen molar-refractivity contribution < 1.29 is 0 Å². The van der Waals surface area contributed by atoms with Gasteiger partial charge in [0.05, 0.1) is 0 Å². The van der Waals surface area contributed by atoms with Gasteiger partial charge in [0.1, 0.15) is 0 Å². The van der Waals surface area contributed by atoms with Crippen LogP contribution in [0.4, 0.5) is 5.69 Å². The molecule has 0 spiro atoms. The monoisotopic (exact) mass is 268 g/mol. The first-order valence-electron chi connectivity index (χ1n) is 7.10. The van der Waals surface area contributed by atoms with E-state index in [2.05, 4.69) is 56.4 Å². The molecule has 0 aliphatic heterocycles. The molecule has 2 rings (SSSR count). The van der Waals surface area contributed by atoms with Gasteiger partial charge in [0.2, 0.25) is 0 Å². The zero-order chi connectivity index (χ0) is 14.6. The molecule has 0 aliphatic carbocycles. The van der Waals surface area contributed by atoms with Crippen molar-refractivity contribution in [3.63, 3.8) is 0 Å². The average molecular weight is 268 g/mol. The maximum atomic E-state index is 5.80. The number of benzene rings is 2. The topological polar surface area (TPSA) is 38.0 Å². The Balaban J connectivity index is 1.96. The minimum Gasteiger partial charge on any atom is -0.399 e. The Bertz CT molecular complexity index is 573. The van der Waals surface area contributed by atoms with Gasteiger partial charge in [0.15, 0.2) is 0 Å². The summed E-state index contributed by atoms with van der Waals surface area (Å²) in [4.78, 5) is 0. The van der Waals surface area contributed by atoms with Crippen LogP contribution in [0.1, 0.15) is 30.5 Å². The molecule has 2 heteroatoms. The van der Waals surface area contributed by atoms with E-state index in [-0.39, 0.29) is 5.41 Å². The van der Waals surface area contributed by atoms with Gasteiger partial charge >= 0.3 is 0 Å². The highest BCUT2D eigenvalue weighted by Gasteiger charge is 2.19. The van der Waals surface area contributed by atoms with Crippen molar-refractivity contribution in [1.82, 2.24) is 5.32 Å². The fourth-order valence-electron chi connectivity index (χ4n) is 2.39. The molecule has 0 unspecified atom stereocenters. The van der Waals surface area contributed by atoms with Crippen molar-refractivity contribution in [2.45, 2.75) is 32.7 Å². The van der Waals surface area contributed by atoms with E-state index < -0.39 is 0 Å². The van der Waals surface area contributed by atoms with Crippen LogP contribution >= 0.6 is 0 Å². The second-order valence-electron chi connectivity index (χ2n) is 6.10. The summed E-state index contributed by atoms with van der Waals surface area (Å²) in [6, 6.07) is 16.8. The Kier molecular flexibility index (Phi) is 4.46. The molecule has 106 valence electrons. The summed E-state index contributed by atoms with van der Waals surface area (Å²) in [5.74, 6) is 0. The first kappa shape index (κ1) is 14.6. The van der Waals surface area contributed by atoms with E-state index in [0.29, 0.717) is 0 Å². The van der Waals surface area contributed by atoms with Crippen LogP contribution in [0.15, 0.2) is 48.5 Å². The number of hydrogen-bond donors (Lipinski definition) is 2. The maximum absolute atomic E-state index is 5.80. The smallest absolute Gasteiger partial charge is 0.0317 e. The lowest BCUT2D eigenvalue weighted by molar-refractivity contribution is 0.468. The maximum Gasteiger partial charge on any atom is 0.0317 e. The van der Waals surface area contributed by atoms with E-state index >= 15 is 0 Å². The molecule has 0 radical (unpaired) electrons. The third kappa shape index (κ3) is 3.84. The number of anilines is 1. The number of aryl methyl sites for hydroxylation is 1. The number of nitrogen functional groups attached to an aromatic ring is 1. The molecule has 2 aromatic rings. The Morgan fingerprint density at radius 3 is 2.50 bits per heavy atom. The SMILES string of the molecule is Cc1cccc(C(C)(C)CNCc2cccc(N)c2)c1. The molecule has 0 bridgehead atoms. The van der Waals surface area contributed by atoms with Crippen molar-refractivity contribution in [3.05, 3.63) is 65.2 Å². The van der Waals surface area contributed by atoms with E-state index in [1.54, 1.807) is 0 Å². The van der Waals surface area contributed by atoms with Crippen molar-refractivity contribution in [3.8, 4) is 0 Å². The van der Waals surface area contributed by atoms with E-state index in [1.165, 1.54) is 16.7 Å². The van der Waals surface area contributed by atoms with Gasteiger partial charge in [-0.05, 0) is 30.2 Å². The Morgan fingerprint density at radius 1 is 1.05 bits per heavy atom. The molecule has 0 fully saturated rings. The fourth-order valence-corrected chi connectivity index (χ4v) is 2.39. The quantitative estimate of drug-likeness (QED) is 0.812. The molecule has 0 aromatic heterocycles. The highest BCUT2D eigenvalue weighted by atomic mass is 14.9. The van der Waals surface area contributed by atoms with E-state index in [1.807, 2.05) is 18.2 Å². The van der Waals surface area contributed by atoms with Crippen LogP contribution in [0, 0.1) is 6.92 Å². The lowest BCUT2D eigenvalue weighted by Crippen LogP contribution is -2.32. The number of nitrogens with one attached hydrogen (secondary N) is 1. The summed E-state index contributed by atoms with van der Waals surface area (Å²) in [6.45, 7) is 8.47. The van der Waals surface area contributed by atoms with Crippen molar-refractivity contribution in [1.29, 1.82) is 0 Å². The van der Waals surface area contributed by atoms with Gasteiger partial charge in [0.25, 0.3) is 0 Å². The Hall–Kier alpha value is -1.80. The molecule has 20 heavy (non-hydrogen) atoms. The minimum absolute atomic E-state index is 0.117. The zero-order valence-electron chi connectivity index (χ0n) is 12.6. The predicted octanol–water partition coefficient (Wildman–Crippen LogP) is 3.64. The summed E-state index contributed by atoms with van der Waals surface area (Å²) in [5, 5.41) is 3.53. The average Bonchev–Trinajstić information content (AvgIpc) is 2.38. The van der Waals surface area contributed by atoms with E-state index in [0.717, 1.165) is 18.8 Å². The van der Waals surface area contributed by atoms with Crippen LogP contribution in [-0.2, 0) is 12.0 Å². The summed E-state index contributed by atoms with van der Waals surface area (Å²) in [7, 11) is 0. The third-order valence-corrected chi connectivity index (χ3v) is 3.65. The normalized spacial score (nSPS) is 11.6. The van der Waals surface area contributed by atoms with Gasteiger partial charge in [-0.25, -0.2) is 0 Å². The largest absolute Gasteiger partial charge is 0.399 e. The first-order valence-corrected chi connectivity index (χ1v) is 7.10. The lowest BCUT2D eigenvalue weighted by atomic mass is 9.84. The number of nitrogens with two attached hydrogens (primary N) is 1. The Morgan fingerprint density at radius 2 is 1.80 bits per heavy atom. The van der Waals surface area contributed by atoms with Crippen LogP contribution in [0.2, 0.25) is 0 Å². The standard InChI is InChI=1S/C18H24N2/c1-14-6-4-8-16(10-14)18(2,3)13-20-12-15-7-5-9-17(19)11-15/h4-11,20H,12-13,19H2,1-3H3. The predicted molar refractivity (Wildman–Crippen MR) is 86.8 cm³/mol. The fraction of sp³-hybridized carbons (Fsp3) is 0.333. The number of rotatable bonds is 5. The zero-order valence-corrected chi connectivity index (χ0v) is 12.6. The summed E-state index contributed by atoms with van der Waals surface area (Å²) < 4.78 is 0. The molecular weight excluding hydrogens is 244 g/mol.